The Balaban J connectivity index is 0.00000192. The van der Waals surface area contributed by atoms with Crippen molar-refractivity contribution in [1.29, 1.82) is 0 Å². The topological polar surface area (TPSA) is 75.4 Å². The van der Waals surface area contributed by atoms with Gasteiger partial charge in [-0.2, -0.15) is 0 Å². The van der Waals surface area contributed by atoms with Gasteiger partial charge in [-0.05, 0) is 37.0 Å². The highest BCUT2D eigenvalue weighted by molar-refractivity contribution is 5.98. The Morgan fingerprint density at radius 2 is 1.83 bits per heavy atom. The van der Waals surface area contributed by atoms with Crippen LogP contribution in [0.15, 0.2) is 24.3 Å². The molecule has 3 rings (SSSR count). The van der Waals surface area contributed by atoms with Crippen molar-refractivity contribution in [3.8, 4) is 0 Å². The number of nitrogens with two attached hydrogens (primary N) is 1. The molecule has 1 saturated heterocycles. The number of nitrogens with one attached hydrogen (secondary N) is 1. The highest BCUT2D eigenvalue weighted by Crippen LogP contribution is 2.28. The molecule has 1 aliphatic carbocycles. The van der Waals surface area contributed by atoms with Gasteiger partial charge in [0.15, 0.2) is 0 Å². The largest absolute Gasteiger partial charge is 0.338 e. The summed E-state index contributed by atoms with van der Waals surface area (Å²) in [5, 5.41) is 2.91. The van der Waals surface area contributed by atoms with Gasteiger partial charge in [0, 0.05) is 25.2 Å². The number of carbonyl (C=O) groups is 2. The zero-order valence-corrected chi connectivity index (χ0v) is 14.0. The van der Waals surface area contributed by atoms with Crippen molar-refractivity contribution in [2.75, 3.05) is 11.9 Å². The number of nitrogens with zero attached hydrogens (tertiary/aromatic N) is 1. The van der Waals surface area contributed by atoms with Gasteiger partial charge in [-0.1, -0.05) is 25.0 Å². The van der Waals surface area contributed by atoms with Crippen LogP contribution in [0.4, 0.5) is 5.69 Å². The normalized spacial score (nSPS) is 19.5. The summed E-state index contributed by atoms with van der Waals surface area (Å²) in [6.45, 7) is 1.49. The van der Waals surface area contributed by atoms with Crippen LogP contribution in [0.3, 0.4) is 0 Å². The summed E-state index contributed by atoms with van der Waals surface area (Å²) in [4.78, 5) is 25.8. The molecule has 1 aromatic carbocycles. The van der Waals surface area contributed by atoms with Gasteiger partial charge in [0.2, 0.25) is 11.8 Å². The monoisotopic (exact) mass is 337 g/mol. The van der Waals surface area contributed by atoms with Crippen molar-refractivity contribution in [2.45, 2.75) is 50.6 Å². The number of rotatable bonds is 4. The zero-order chi connectivity index (χ0) is 15.6. The standard InChI is InChI=1S/C17H23N3O2.ClH/c18-17(9-1-2-10-17)16(22)19-14-7-5-13(6-8-14)12-20-11-3-4-15(20)21;/h5-8H,1-4,9-12,18H2,(H,19,22);1H. The molecule has 0 radical (unpaired) electrons. The number of anilines is 1. The van der Waals surface area contributed by atoms with Gasteiger partial charge < -0.3 is 16.0 Å². The molecule has 6 heteroatoms. The van der Waals surface area contributed by atoms with Crippen LogP contribution in [0.5, 0.6) is 0 Å². The molecule has 0 atom stereocenters. The number of halogens is 1. The number of carbonyl (C=O) groups excluding carboxylic acids is 2. The SMILES string of the molecule is Cl.NC1(C(=O)Nc2ccc(CN3CCCC3=O)cc2)CCCC1. The predicted octanol–water partition coefficient (Wildman–Crippen LogP) is 2.44. The van der Waals surface area contributed by atoms with Crippen molar-refractivity contribution >= 4 is 29.9 Å². The van der Waals surface area contributed by atoms with E-state index < -0.39 is 5.54 Å². The van der Waals surface area contributed by atoms with E-state index in [0.717, 1.165) is 49.9 Å². The molecule has 2 amide bonds. The maximum atomic E-state index is 12.3. The lowest BCUT2D eigenvalue weighted by Crippen LogP contribution is -2.48. The number of amides is 2. The van der Waals surface area contributed by atoms with E-state index in [1.165, 1.54) is 0 Å². The molecule has 1 saturated carbocycles. The average Bonchev–Trinajstić information content (AvgIpc) is 3.11. The molecule has 1 heterocycles. The molecule has 1 aromatic rings. The quantitative estimate of drug-likeness (QED) is 0.886. The van der Waals surface area contributed by atoms with Crippen LogP contribution in [-0.4, -0.2) is 28.8 Å². The number of benzene rings is 1. The Morgan fingerprint density at radius 1 is 1.17 bits per heavy atom. The predicted molar refractivity (Wildman–Crippen MR) is 92.4 cm³/mol. The number of hydrogen-bond acceptors (Lipinski definition) is 3. The second kappa shape index (κ2) is 7.32. The molecule has 126 valence electrons. The minimum atomic E-state index is -0.708. The summed E-state index contributed by atoms with van der Waals surface area (Å²) in [7, 11) is 0. The van der Waals surface area contributed by atoms with Crippen molar-refractivity contribution < 1.29 is 9.59 Å². The van der Waals surface area contributed by atoms with Crippen LogP contribution < -0.4 is 11.1 Å². The molecule has 1 aliphatic heterocycles. The summed E-state index contributed by atoms with van der Waals surface area (Å²) < 4.78 is 0. The van der Waals surface area contributed by atoms with Crippen LogP contribution in [0, 0.1) is 0 Å². The highest BCUT2D eigenvalue weighted by Gasteiger charge is 2.36. The van der Waals surface area contributed by atoms with E-state index in [9.17, 15) is 9.59 Å². The van der Waals surface area contributed by atoms with Gasteiger partial charge in [0.05, 0.1) is 5.54 Å². The highest BCUT2D eigenvalue weighted by atomic mass is 35.5. The first kappa shape index (κ1) is 17.8. The average molecular weight is 338 g/mol. The van der Waals surface area contributed by atoms with Crippen molar-refractivity contribution in [3.63, 3.8) is 0 Å². The smallest absolute Gasteiger partial charge is 0.244 e. The van der Waals surface area contributed by atoms with Crippen LogP contribution in [0.25, 0.3) is 0 Å². The third-order valence-electron chi connectivity index (χ3n) is 4.70. The fourth-order valence-electron chi connectivity index (χ4n) is 3.27. The molecule has 0 bridgehead atoms. The number of likely N-dealkylation sites (tertiary alicyclic amines) is 1. The summed E-state index contributed by atoms with van der Waals surface area (Å²) in [5.74, 6) is 0.135. The molecule has 2 fully saturated rings. The van der Waals surface area contributed by atoms with Crippen LogP contribution in [-0.2, 0) is 16.1 Å². The third-order valence-corrected chi connectivity index (χ3v) is 4.70. The Kier molecular flexibility index (Phi) is 5.65. The Hall–Kier alpha value is -1.59. The number of hydrogen-bond donors (Lipinski definition) is 2. The fourth-order valence-corrected chi connectivity index (χ4v) is 3.27. The van der Waals surface area contributed by atoms with E-state index in [-0.39, 0.29) is 24.2 Å². The van der Waals surface area contributed by atoms with Crippen LogP contribution >= 0.6 is 12.4 Å². The van der Waals surface area contributed by atoms with Gasteiger partial charge in [-0.3, -0.25) is 9.59 Å². The van der Waals surface area contributed by atoms with E-state index >= 15 is 0 Å². The third kappa shape index (κ3) is 4.03. The van der Waals surface area contributed by atoms with E-state index in [4.69, 9.17) is 5.73 Å². The molecule has 0 spiro atoms. The lowest BCUT2D eigenvalue weighted by Gasteiger charge is -2.22. The fraction of sp³-hybridized carbons (Fsp3) is 0.529. The van der Waals surface area contributed by atoms with Crippen LogP contribution in [0.2, 0.25) is 0 Å². The maximum Gasteiger partial charge on any atom is 0.244 e. The van der Waals surface area contributed by atoms with Gasteiger partial charge in [0.1, 0.15) is 0 Å². The molecule has 23 heavy (non-hydrogen) atoms. The van der Waals surface area contributed by atoms with E-state index in [1.807, 2.05) is 29.2 Å². The summed E-state index contributed by atoms with van der Waals surface area (Å²) in [6.07, 6.45) is 5.17. The van der Waals surface area contributed by atoms with Gasteiger partial charge >= 0.3 is 0 Å². The van der Waals surface area contributed by atoms with E-state index in [0.29, 0.717) is 13.0 Å². The van der Waals surface area contributed by atoms with E-state index in [2.05, 4.69) is 5.32 Å². The minimum absolute atomic E-state index is 0. The van der Waals surface area contributed by atoms with Crippen molar-refractivity contribution in [3.05, 3.63) is 29.8 Å². The second-order valence-electron chi connectivity index (χ2n) is 6.43. The minimum Gasteiger partial charge on any atom is -0.338 e. The van der Waals surface area contributed by atoms with Crippen molar-refractivity contribution in [1.82, 2.24) is 4.90 Å². The van der Waals surface area contributed by atoms with Gasteiger partial charge in [0.25, 0.3) is 0 Å². The molecule has 0 unspecified atom stereocenters. The molecule has 5 nitrogen and oxygen atoms in total. The van der Waals surface area contributed by atoms with E-state index in [1.54, 1.807) is 0 Å². The zero-order valence-electron chi connectivity index (χ0n) is 13.2. The molecule has 3 N–H and O–H groups in total. The first-order valence-corrected chi connectivity index (χ1v) is 8.04. The first-order valence-electron chi connectivity index (χ1n) is 8.04. The molecular weight excluding hydrogens is 314 g/mol. The van der Waals surface area contributed by atoms with Crippen LogP contribution in [0.1, 0.15) is 44.1 Å². The van der Waals surface area contributed by atoms with Gasteiger partial charge in [-0.25, -0.2) is 0 Å². The lowest BCUT2D eigenvalue weighted by molar-refractivity contribution is -0.128. The first-order chi connectivity index (χ1) is 10.6. The Morgan fingerprint density at radius 3 is 2.39 bits per heavy atom. The van der Waals surface area contributed by atoms with Gasteiger partial charge in [-0.15, -0.1) is 12.4 Å². The maximum absolute atomic E-state index is 12.3. The van der Waals surface area contributed by atoms with Crippen molar-refractivity contribution in [2.24, 2.45) is 5.73 Å². The molecule has 0 aromatic heterocycles. The Bertz CT molecular complexity index is 568. The summed E-state index contributed by atoms with van der Waals surface area (Å²) >= 11 is 0. The summed E-state index contributed by atoms with van der Waals surface area (Å²) in [6, 6.07) is 7.68. The second-order valence-corrected chi connectivity index (χ2v) is 6.43. The molecular formula is C17H24ClN3O2. The Labute approximate surface area is 143 Å². The molecule has 2 aliphatic rings. The lowest BCUT2D eigenvalue weighted by atomic mass is 9.98. The summed E-state index contributed by atoms with van der Waals surface area (Å²) in [5.41, 5.74) is 7.28.